The third-order valence-electron chi connectivity index (χ3n) is 4.74. The zero-order valence-corrected chi connectivity index (χ0v) is 18.4. The number of nitrogens with zero attached hydrogens (tertiary/aromatic N) is 5. The number of fused-ring (bicyclic) bond motifs is 1. The minimum Gasteiger partial charge on any atom is -0.302 e. The zero-order valence-electron chi connectivity index (χ0n) is 16.8. The predicted octanol–water partition coefficient (Wildman–Crippen LogP) is 4.03. The molecule has 0 aliphatic carbocycles. The van der Waals surface area contributed by atoms with Crippen molar-refractivity contribution in [3.63, 3.8) is 0 Å². The summed E-state index contributed by atoms with van der Waals surface area (Å²) >= 11 is 1.10. The number of carbonyl (C=O) groups is 1. The number of halogens is 3. The fraction of sp³-hybridized carbons (Fsp3) is 0.421. The van der Waals surface area contributed by atoms with E-state index in [1.807, 2.05) is 6.92 Å². The summed E-state index contributed by atoms with van der Waals surface area (Å²) in [5.74, 6) is -1.65. The monoisotopic (exact) mass is 443 g/mol. The highest BCUT2D eigenvalue weighted by molar-refractivity contribution is 7.22. The molecule has 0 saturated heterocycles. The van der Waals surface area contributed by atoms with Crippen LogP contribution in [-0.2, 0) is 7.05 Å². The van der Waals surface area contributed by atoms with Crippen LogP contribution in [0.5, 0.6) is 0 Å². The molecule has 0 unspecified atom stereocenters. The second kappa shape index (κ2) is 9.60. The molecule has 2 heterocycles. The smallest absolute Gasteiger partial charge is 0.278 e. The number of carbonyl (C=O) groups excluding carboxylic acids is 1. The van der Waals surface area contributed by atoms with Gasteiger partial charge in [-0.3, -0.25) is 14.4 Å². The van der Waals surface area contributed by atoms with Crippen LogP contribution in [0.4, 0.5) is 13.9 Å². The Morgan fingerprint density at radius 3 is 2.48 bits per heavy atom. The van der Waals surface area contributed by atoms with Gasteiger partial charge in [-0.25, -0.2) is 13.8 Å². The Morgan fingerprint density at radius 2 is 1.90 bits per heavy atom. The maximum absolute atomic E-state index is 14.1. The molecule has 0 fully saturated rings. The first-order chi connectivity index (χ1) is 13.3. The third kappa shape index (κ3) is 4.73. The molecule has 0 saturated carbocycles. The molecular weight excluding hydrogens is 420 g/mol. The Hall–Kier alpha value is -2.10. The number of hydrogen-bond donors (Lipinski definition) is 0. The van der Waals surface area contributed by atoms with Crippen molar-refractivity contribution in [2.24, 2.45) is 7.05 Å². The summed E-state index contributed by atoms with van der Waals surface area (Å²) in [5, 5.41) is 4.49. The van der Waals surface area contributed by atoms with Crippen molar-refractivity contribution in [2.75, 3.05) is 31.1 Å². The first-order valence-corrected chi connectivity index (χ1v) is 9.95. The SMILES string of the molecule is CCN(CC)CCN(C(=O)c1c(C)cnn1C)c1nc2c(F)cc(F)cc2s1.Cl. The lowest BCUT2D eigenvalue weighted by Gasteiger charge is -2.25. The van der Waals surface area contributed by atoms with Crippen molar-refractivity contribution in [1.82, 2.24) is 19.7 Å². The van der Waals surface area contributed by atoms with Gasteiger partial charge in [0, 0.05) is 26.2 Å². The fourth-order valence-electron chi connectivity index (χ4n) is 3.11. The van der Waals surface area contributed by atoms with Crippen molar-refractivity contribution < 1.29 is 13.6 Å². The van der Waals surface area contributed by atoms with Crippen LogP contribution in [0.2, 0.25) is 0 Å². The summed E-state index contributed by atoms with van der Waals surface area (Å²) in [6, 6.07) is 2.04. The first-order valence-electron chi connectivity index (χ1n) is 9.14. The predicted molar refractivity (Wildman–Crippen MR) is 114 cm³/mol. The number of rotatable bonds is 7. The summed E-state index contributed by atoms with van der Waals surface area (Å²) in [5.41, 5.74) is 1.27. The molecule has 158 valence electrons. The van der Waals surface area contributed by atoms with E-state index in [4.69, 9.17) is 0 Å². The topological polar surface area (TPSA) is 54.3 Å². The first kappa shape index (κ1) is 23.2. The van der Waals surface area contributed by atoms with Gasteiger partial charge in [0.2, 0.25) is 0 Å². The minimum absolute atomic E-state index is 0. The highest BCUT2D eigenvalue weighted by Gasteiger charge is 2.26. The van der Waals surface area contributed by atoms with Gasteiger partial charge >= 0.3 is 0 Å². The van der Waals surface area contributed by atoms with E-state index in [2.05, 4.69) is 28.8 Å². The number of aryl methyl sites for hydroxylation is 2. The fourth-order valence-corrected chi connectivity index (χ4v) is 4.14. The molecule has 3 aromatic rings. The number of benzene rings is 1. The summed E-state index contributed by atoms with van der Waals surface area (Å²) in [4.78, 5) is 21.3. The second-order valence-electron chi connectivity index (χ2n) is 6.51. The average Bonchev–Trinajstić information content (AvgIpc) is 3.21. The molecule has 0 radical (unpaired) electrons. The quantitative estimate of drug-likeness (QED) is 0.553. The van der Waals surface area contributed by atoms with E-state index >= 15 is 0 Å². The molecule has 0 aliphatic heterocycles. The molecule has 29 heavy (non-hydrogen) atoms. The lowest BCUT2D eigenvalue weighted by Crippen LogP contribution is -2.39. The van der Waals surface area contributed by atoms with Gasteiger partial charge in [0.25, 0.3) is 5.91 Å². The van der Waals surface area contributed by atoms with Gasteiger partial charge in [-0.05, 0) is 31.6 Å². The summed E-state index contributed by atoms with van der Waals surface area (Å²) in [6.07, 6.45) is 1.63. The van der Waals surface area contributed by atoms with Crippen LogP contribution in [0.3, 0.4) is 0 Å². The second-order valence-corrected chi connectivity index (χ2v) is 7.52. The number of anilines is 1. The normalized spacial score (nSPS) is 11.1. The van der Waals surface area contributed by atoms with Gasteiger partial charge in [0.05, 0.1) is 10.9 Å². The highest BCUT2D eigenvalue weighted by Crippen LogP contribution is 2.32. The number of hydrogen-bond acceptors (Lipinski definition) is 5. The standard InChI is InChI=1S/C19H23F2N5OS.ClH/c1-5-25(6-2)7-8-26(18(27)17-12(3)11-22-24(17)4)19-23-16-14(21)9-13(20)10-15(16)28-19;/h9-11H,5-8H2,1-4H3;1H. The summed E-state index contributed by atoms with van der Waals surface area (Å²) in [7, 11) is 1.70. The van der Waals surface area contributed by atoms with Crippen LogP contribution in [-0.4, -0.2) is 51.8 Å². The number of thiazole rings is 1. The molecule has 6 nitrogen and oxygen atoms in total. The van der Waals surface area contributed by atoms with Gasteiger partial charge in [-0.1, -0.05) is 25.2 Å². The van der Waals surface area contributed by atoms with Crippen LogP contribution in [0, 0.1) is 18.6 Å². The van der Waals surface area contributed by atoms with E-state index in [0.29, 0.717) is 28.6 Å². The van der Waals surface area contributed by atoms with Gasteiger partial charge < -0.3 is 4.90 Å². The zero-order chi connectivity index (χ0) is 20.4. The largest absolute Gasteiger partial charge is 0.302 e. The lowest BCUT2D eigenvalue weighted by molar-refractivity contribution is 0.0974. The molecular formula is C19H24ClF2N5OS. The van der Waals surface area contributed by atoms with Crippen LogP contribution in [0.1, 0.15) is 29.9 Å². The highest BCUT2D eigenvalue weighted by atomic mass is 35.5. The number of likely N-dealkylation sites (N-methyl/N-ethyl adjacent to an activating group) is 1. The van der Waals surface area contributed by atoms with E-state index in [1.165, 1.54) is 15.6 Å². The van der Waals surface area contributed by atoms with Gasteiger partial charge in [-0.15, -0.1) is 12.4 Å². The Balaban J connectivity index is 0.00000300. The maximum Gasteiger partial charge on any atom is 0.278 e. The van der Waals surface area contributed by atoms with E-state index < -0.39 is 11.6 Å². The van der Waals surface area contributed by atoms with Crippen LogP contribution >= 0.6 is 23.7 Å². The van der Waals surface area contributed by atoms with E-state index in [9.17, 15) is 13.6 Å². The molecule has 0 spiro atoms. The summed E-state index contributed by atoms with van der Waals surface area (Å²) in [6.45, 7) is 8.65. The molecule has 0 N–H and O–H groups in total. The Labute approximate surface area is 178 Å². The molecule has 1 amide bonds. The van der Waals surface area contributed by atoms with Crippen molar-refractivity contribution in [2.45, 2.75) is 20.8 Å². The van der Waals surface area contributed by atoms with Gasteiger partial charge in [-0.2, -0.15) is 5.10 Å². The molecule has 0 aliphatic rings. The van der Waals surface area contributed by atoms with Crippen LogP contribution < -0.4 is 4.90 Å². The van der Waals surface area contributed by atoms with Crippen LogP contribution in [0.15, 0.2) is 18.3 Å². The average molecular weight is 444 g/mol. The van der Waals surface area contributed by atoms with Crippen molar-refractivity contribution in [3.05, 3.63) is 41.2 Å². The maximum atomic E-state index is 14.1. The molecule has 10 heteroatoms. The Morgan fingerprint density at radius 1 is 1.21 bits per heavy atom. The molecule has 0 atom stereocenters. The van der Waals surface area contributed by atoms with Gasteiger partial charge in [0.1, 0.15) is 17.0 Å². The molecule has 0 bridgehead atoms. The van der Waals surface area contributed by atoms with E-state index in [0.717, 1.165) is 36.1 Å². The van der Waals surface area contributed by atoms with Crippen molar-refractivity contribution >= 4 is 45.0 Å². The molecule has 3 rings (SSSR count). The van der Waals surface area contributed by atoms with E-state index in [1.54, 1.807) is 13.2 Å². The van der Waals surface area contributed by atoms with Crippen molar-refractivity contribution in [3.8, 4) is 0 Å². The number of amides is 1. The Kier molecular flexibility index (Phi) is 7.67. The lowest BCUT2D eigenvalue weighted by atomic mass is 10.2. The van der Waals surface area contributed by atoms with E-state index in [-0.39, 0.29) is 23.8 Å². The summed E-state index contributed by atoms with van der Waals surface area (Å²) < 4.78 is 29.6. The Bertz CT molecular complexity index is 983. The van der Waals surface area contributed by atoms with Crippen LogP contribution in [0.25, 0.3) is 10.2 Å². The molecule has 2 aromatic heterocycles. The molecule has 1 aromatic carbocycles. The minimum atomic E-state index is -0.731. The van der Waals surface area contributed by atoms with Crippen molar-refractivity contribution in [1.29, 1.82) is 0 Å². The third-order valence-corrected chi connectivity index (χ3v) is 5.76. The van der Waals surface area contributed by atoms with Gasteiger partial charge in [0.15, 0.2) is 10.9 Å². The number of aromatic nitrogens is 3.